The van der Waals surface area contributed by atoms with Gasteiger partial charge in [-0.15, -0.1) is 0 Å². The Bertz CT molecular complexity index is 640. The number of aryl methyl sites for hydroxylation is 1. The zero-order valence-electron chi connectivity index (χ0n) is 13.7. The number of aliphatic hydroxyl groups is 2. The van der Waals surface area contributed by atoms with Crippen molar-refractivity contribution in [1.82, 2.24) is 10.6 Å². The van der Waals surface area contributed by atoms with Gasteiger partial charge < -0.3 is 20.8 Å². The van der Waals surface area contributed by atoms with E-state index in [2.05, 4.69) is 16.7 Å². The van der Waals surface area contributed by atoms with Gasteiger partial charge in [0.25, 0.3) is 11.8 Å². The molecule has 24 heavy (non-hydrogen) atoms. The van der Waals surface area contributed by atoms with Gasteiger partial charge in [-0.25, -0.2) is 0 Å². The first-order chi connectivity index (χ1) is 11.5. The molecule has 1 saturated carbocycles. The number of hydrogen-bond acceptors (Lipinski definition) is 4. The Hall–Kier alpha value is -1.92. The zero-order valence-corrected chi connectivity index (χ0v) is 13.7. The van der Waals surface area contributed by atoms with Crippen molar-refractivity contribution in [3.8, 4) is 0 Å². The first-order valence-electron chi connectivity index (χ1n) is 8.57. The van der Waals surface area contributed by atoms with Crippen molar-refractivity contribution >= 4 is 11.8 Å². The molecule has 1 aromatic rings. The zero-order chi connectivity index (χ0) is 17.2. The topological polar surface area (TPSA) is 98.7 Å². The van der Waals surface area contributed by atoms with E-state index in [0.29, 0.717) is 18.4 Å². The molecular formula is C18H24N2O4. The maximum absolute atomic E-state index is 12.5. The predicted octanol–water partition coefficient (Wildman–Crippen LogP) is 0.297. The quantitative estimate of drug-likeness (QED) is 0.602. The third-order valence-electron chi connectivity index (χ3n) is 4.85. The highest BCUT2D eigenvalue weighted by Crippen LogP contribution is 2.35. The van der Waals surface area contributed by atoms with Crippen LogP contribution in [0.5, 0.6) is 0 Å². The molecule has 1 fully saturated rings. The van der Waals surface area contributed by atoms with E-state index in [0.717, 1.165) is 31.2 Å². The van der Waals surface area contributed by atoms with Crippen molar-refractivity contribution < 1.29 is 19.8 Å². The van der Waals surface area contributed by atoms with Crippen molar-refractivity contribution in [2.45, 2.75) is 50.2 Å². The first kappa shape index (κ1) is 16.9. The maximum atomic E-state index is 12.5. The lowest BCUT2D eigenvalue weighted by atomic mass is 9.88. The largest absolute Gasteiger partial charge is 0.394 e. The highest BCUT2D eigenvalue weighted by Gasteiger charge is 2.48. The van der Waals surface area contributed by atoms with Gasteiger partial charge in [0.15, 0.2) is 0 Å². The van der Waals surface area contributed by atoms with Crippen LogP contribution in [0.25, 0.3) is 0 Å². The van der Waals surface area contributed by atoms with E-state index in [4.69, 9.17) is 0 Å². The summed E-state index contributed by atoms with van der Waals surface area (Å²) in [6, 6.07) is 5.18. The fourth-order valence-electron chi connectivity index (χ4n) is 3.13. The van der Waals surface area contributed by atoms with Crippen LogP contribution in [0.4, 0.5) is 0 Å². The summed E-state index contributed by atoms with van der Waals surface area (Å²) in [4.78, 5) is 24.3. The van der Waals surface area contributed by atoms with Gasteiger partial charge in [0.05, 0.1) is 12.6 Å². The van der Waals surface area contributed by atoms with E-state index in [-0.39, 0.29) is 19.1 Å². The van der Waals surface area contributed by atoms with Crippen molar-refractivity contribution in [3.05, 3.63) is 34.9 Å². The highest BCUT2D eigenvalue weighted by molar-refractivity contribution is 5.96. The monoisotopic (exact) mass is 332 g/mol. The second-order valence-electron chi connectivity index (χ2n) is 6.74. The average molecular weight is 332 g/mol. The minimum atomic E-state index is -1.28. The normalized spacial score (nSPS) is 19.1. The summed E-state index contributed by atoms with van der Waals surface area (Å²) in [5.74, 6) is -0.667. The van der Waals surface area contributed by atoms with Crippen LogP contribution in [0.2, 0.25) is 0 Å². The van der Waals surface area contributed by atoms with Crippen LogP contribution in [0.15, 0.2) is 18.2 Å². The maximum Gasteiger partial charge on any atom is 0.252 e. The lowest BCUT2D eigenvalue weighted by Crippen LogP contribution is -2.49. The van der Waals surface area contributed by atoms with E-state index < -0.39 is 17.6 Å². The Morgan fingerprint density at radius 1 is 1.21 bits per heavy atom. The Morgan fingerprint density at radius 2 is 1.96 bits per heavy atom. The molecule has 1 atom stereocenters. The SMILES string of the molecule is O=C(NC[C@H](CO)NC(=O)C1(O)CC1)c1cccc2c1CCCC2. The van der Waals surface area contributed by atoms with Crippen molar-refractivity contribution in [2.75, 3.05) is 13.2 Å². The van der Waals surface area contributed by atoms with Crippen LogP contribution in [0.1, 0.15) is 47.2 Å². The van der Waals surface area contributed by atoms with Crippen molar-refractivity contribution in [1.29, 1.82) is 0 Å². The summed E-state index contributed by atoms with van der Waals surface area (Å²) in [6.45, 7) is -0.171. The van der Waals surface area contributed by atoms with Crippen LogP contribution < -0.4 is 10.6 Å². The molecular weight excluding hydrogens is 308 g/mol. The van der Waals surface area contributed by atoms with Gasteiger partial charge >= 0.3 is 0 Å². The fraction of sp³-hybridized carbons (Fsp3) is 0.556. The summed E-state index contributed by atoms with van der Waals surface area (Å²) < 4.78 is 0. The Balaban J connectivity index is 1.59. The second-order valence-corrected chi connectivity index (χ2v) is 6.74. The van der Waals surface area contributed by atoms with Crippen LogP contribution in [0, 0.1) is 0 Å². The van der Waals surface area contributed by atoms with Crippen LogP contribution in [-0.2, 0) is 17.6 Å². The Morgan fingerprint density at radius 3 is 2.67 bits per heavy atom. The van der Waals surface area contributed by atoms with E-state index in [9.17, 15) is 19.8 Å². The van der Waals surface area contributed by atoms with Crippen LogP contribution >= 0.6 is 0 Å². The molecule has 0 saturated heterocycles. The average Bonchev–Trinajstić information content (AvgIpc) is 3.36. The van der Waals surface area contributed by atoms with Gasteiger partial charge in [-0.05, 0) is 55.7 Å². The second kappa shape index (κ2) is 6.91. The number of benzene rings is 1. The number of amides is 2. The van der Waals surface area contributed by atoms with Gasteiger partial charge in [-0.2, -0.15) is 0 Å². The summed E-state index contributed by atoms with van der Waals surface area (Å²) in [6.07, 6.45) is 5.04. The molecule has 2 aliphatic carbocycles. The Labute approximate surface area is 141 Å². The van der Waals surface area contributed by atoms with Crippen LogP contribution in [-0.4, -0.2) is 46.8 Å². The van der Waals surface area contributed by atoms with E-state index in [1.807, 2.05) is 12.1 Å². The molecule has 0 bridgehead atoms. The van der Waals surface area contributed by atoms with Gasteiger partial charge in [-0.1, -0.05) is 12.1 Å². The number of nitrogens with one attached hydrogen (secondary N) is 2. The molecule has 0 radical (unpaired) electrons. The van der Waals surface area contributed by atoms with Crippen molar-refractivity contribution in [3.63, 3.8) is 0 Å². The number of carbonyl (C=O) groups excluding carboxylic acids is 2. The third-order valence-corrected chi connectivity index (χ3v) is 4.85. The van der Waals surface area contributed by atoms with Gasteiger partial charge in [0, 0.05) is 12.1 Å². The molecule has 0 aromatic heterocycles. The number of fused-ring (bicyclic) bond motifs is 1. The molecule has 0 spiro atoms. The molecule has 0 heterocycles. The van der Waals surface area contributed by atoms with Crippen LogP contribution in [0.3, 0.4) is 0 Å². The lowest BCUT2D eigenvalue weighted by molar-refractivity contribution is -0.132. The molecule has 2 aliphatic rings. The molecule has 0 unspecified atom stereocenters. The molecule has 130 valence electrons. The standard InChI is InChI=1S/C18H24N2O4/c21-11-13(20-17(23)18(24)8-9-18)10-19-16(22)15-7-3-5-12-4-1-2-6-14(12)15/h3,5,7,13,21,24H,1-2,4,6,8-11H2,(H,19,22)(H,20,23)/t13-/m1/s1. The smallest absolute Gasteiger partial charge is 0.252 e. The highest BCUT2D eigenvalue weighted by atomic mass is 16.3. The minimum absolute atomic E-state index is 0.126. The number of aliphatic hydroxyl groups excluding tert-OH is 1. The molecule has 0 aliphatic heterocycles. The number of rotatable bonds is 6. The number of hydrogen-bond donors (Lipinski definition) is 4. The fourth-order valence-corrected chi connectivity index (χ4v) is 3.13. The summed E-state index contributed by atoms with van der Waals surface area (Å²) in [5.41, 5.74) is 1.74. The van der Waals surface area contributed by atoms with Gasteiger partial charge in [0.1, 0.15) is 5.60 Å². The molecule has 4 N–H and O–H groups in total. The first-order valence-corrected chi connectivity index (χ1v) is 8.57. The summed E-state index contributed by atoms with van der Waals surface area (Å²) in [5, 5.41) is 24.5. The summed E-state index contributed by atoms with van der Waals surface area (Å²) >= 11 is 0. The lowest BCUT2D eigenvalue weighted by Gasteiger charge is -2.21. The Kier molecular flexibility index (Phi) is 4.87. The van der Waals surface area contributed by atoms with E-state index in [1.165, 1.54) is 5.56 Å². The predicted molar refractivity (Wildman–Crippen MR) is 88.6 cm³/mol. The van der Waals surface area contributed by atoms with Gasteiger partial charge in [-0.3, -0.25) is 9.59 Å². The minimum Gasteiger partial charge on any atom is -0.394 e. The molecule has 2 amide bonds. The van der Waals surface area contributed by atoms with E-state index in [1.54, 1.807) is 0 Å². The summed E-state index contributed by atoms with van der Waals surface area (Å²) in [7, 11) is 0. The molecule has 6 heteroatoms. The third kappa shape index (κ3) is 3.60. The molecule has 3 rings (SSSR count). The molecule has 1 aromatic carbocycles. The van der Waals surface area contributed by atoms with Gasteiger partial charge in [0.2, 0.25) is 0 Å². The molecule has 6 nitrogen and oxygen atoms in total. The van der Waals surface area contributed by atoms with Crippen molar-refractivity contribution in [2.24, 2.45) is 0 Å². The number of carbonyl (C=O) groups is 2. The van der Waals surface area contributed by atoms with E-state index >= 15 is 0 Å².